The molecule has 0 radical (unpaired) electrons. The predicted molar refractivity (Wildman–Crippen MR) is 74.0 cm³/mol. The van der Waals surface area contributed by atoms with Gasteiger partial charge in [0, 0.05) is 30.3 Å². The molecule has 0 N–H and O–H groups in total. The van der Waals surface area contributed by atoms with Crippen LogP contribution in [0.1, 0.15) is 5.56 Å². The van der Waals surface area contributed by atoms with Crippen LogP contribution in [0, 0.1) is 10.2 Å². The lowest BCUT2D eigenvalue weighted by Crippen LogP contribution is -2.68. The third-order valence-electron chi connectivity index (χ3n) is 2.15. The van der Waals surface area contributed by atoms with Gasteiger partial charge in [-0.25, -0.2) is 23.2 Å². The minimum Gasteiger partial charge on any atom is -0.377 e. The first-order chi connectivity index (χ1) is 9.50. The van der Waals surface area contributed by atoms with Gasteiger partial charge >= 0.3 is 0 Å². The summed E-state index contributed by atoms with van der Waals surface area (Å²) in [6.45, 7) is 0. The van der Waals surface area contributed by atoms with E-state index < -0.39 is 10.2 Å². The topological polar surface area (TPSA) is 98.5 Å². The van der Waals surface area contributed by atoms with Gasteiger partial charge in [-0.05, 0) is 17.7 Å². The van der Waals surface area contributed by atoms with Crippen molar-refractivity contribution in [1.82, 2.24) is 4.90 Å². The maximum absolute atomic E-state index is 8.49. The molecule has 21 heavy (non-hydrogen) atoms. The molecule has 8 heteroatoms. The first-order valence-corrected chi connectivity index (χ1v) is 7.80. The number of hydrogen-bond acceptors (Lipinski definition) is 5. The molecule has 0 aromatic heterocycles. The van der Waals surface area contributed by atoms with Crippen LogP contribution in [-0.4, -0.2) is 43.9 Å². The Morgan fingerprint density at radius 3 is 1.86 bits per heavy atom. The average Bonchev–Trinajstić information content (AvgIpc) is 2.28. The van der Waals surface area contributed by atoms with Crippen LogP contribution in [0.4, 0.5) is 0 Å². The van der Waals surface area contributed by atoms with E-state index in [0.29, 0.717) is 0 Å². The van der Waals surface area contributed by atoms with Crippen molar-refractivity contribution in [2.45, 2.75) is 0 Å². The van der Waals surface area contributed by atoms with Gasteiger partial charge in [0.25, 0.3) is 0 Å². The molecule has 0 atom stereocenters. The molecule has 0 spiro atoms. The highest BCUT2D eigenvalue weighted by molar-refractivity contribution is 9.10. The predicted octanol–water partition coefficient (Wildman–Crippen LogP) is -2.06. The molecule has 0 unspecified atom stereocenters. The monoisotopic (exact) mass is 380 g/mol. The van der Waals surface area contributed by atoms with Crippen molar-refractivity contribution in [3.63, 3.8) is 0 Å². The van der Waals surface area contributed by atoms with Crippen molar-refractivity contribution in [2.75, 3.05) is 28.2 Å². The lowest BCUT2D eigenvalue weighted by Gasteiger charge is -2.17. The van der Waals surface area contributed by atoms with Crippen LogP contribution in [0.3, 0.4) is 0 Å². The third kappa shape index (κ3) is 11.4. The van der Waals surface area contributed by atoms with Crippen LogP contribution in [-0.2, 0) is 0 Å². The fraction of sp³-hybridized carbons (Fsp3) is 0.308. The molecular formula is C13H18BrClN2O4. The van der Waals surface area contributed by atoms with Crippen molar-refractivity contribution < 1.29 is 33.5 Å². The second-order valence-electron chi connectivity index (χ2n) is 4.44. The molecule has 0 saturated heterocycles. The molecule has 0 bridgehead atoms. The van der Waals surface area contributed by atoms with E-state index >= 15 is 0 Å². The zero-order valence-corrected chi connectivity index (χ0v) is 14.6. The van der Waals surface area contributed by atoms with Crippen molar-refractivity contribution in [3.8, 4) is 0 Å². The summed E-state index contributed by atoms with van der Waals surface area (Å²) in [4.78, 5) is 2.11. The van der Waals surface area contributed by atoms with Gasteiger partial charge in [-0.1, -0.05) is 28.1 Å². The molecule has 1 rings (SSSR count). The lowest BCUT2D eigenvalue weighted by atomic mass is 10.1. The van der Waals surface area contributed by atoms with Crippen LogP contribution in [0.15, 0.2) is 34.8 Å². The van der Waals surface area contributed by atoms with Gasteiger partial charge in [-0.15, -0.1) is 10.2 Å². The number of benzene rings is 1. The third-order valence-corrected chi connectivity index (χ3v) is 2.68. The first kappa shape index (κ1) is 20.0. The van der Waals surface area contributed by atoms with Crippen molar-refractivity contribution in [2.24, 2.45) is 0 Å². The second kappa shape index (κ2) is 9.14. The second-order valence-corrected chi connectivity index (χ2v) is 6.12. The quantitative estimate of drug-likeness (QED) is 0.443. The SMILES string of the molecule is CN(C)/C(=C/C=[N+](C)C)c1ccc(Br)cc1.[O-][Cl+3]([O-])([O-])[O-]. The van der Waals surface area contributed by atoms with E-state index in [1.54, 1.807) is 0 Å². The summed E-state index contributed by atoms with van der Waals surface area (Å²) in [5, 5.41) is 0. The van der Waals surface area contributed by atoms with E-state index in [0.717, 1.165) is 4.47 Å². The Hall–Kier alpha value is -0.960. The summed E-state index contributed by atoms with van der Waals surface area (Å²) in [7, 11) is 3.20. The zero-order chi connectivity index (χ0) is 16.6. The Morgan fingerprint density at radius 1 is 1.10 bits per heavy atom. The van der Waals surface area contributed by atoms with Gasteiger partial charge in [0.1, 0.15) is 14.1 Å². The largest absolute Gasteiger partial charge is 0.377 e. The smallest absolute Gasteiger partial charge is 0.164 e. The molecule has 1 aromatic rings. The molecule has 0 fully saturated rings. The van der Waals surface area contributed by atoms with Gasteiger partial charge in [-0.3, -0.25) is 0 Å². The Bertz CT molecular complexity index is 486. The maximum Gasteiger partial charge on any atom is 0.164 e. The standard InChI is InChI=1S/C13H18BrN2.ClHO4/c1-15(2)10-9-13(16(3)4)11-5-7-12(14)8-6-11;2-1(3,4)5/h5-10H,1-4H3;(H,2,3,4,5)/q+1;/p-1. The van der Waals surface area contributed by atoms with E-state index in [2.05, 4.69) is 71.5 Å². The lowest BCUT2D eigenvalue weighted by molar-refractivity contribution is -2.00. The summed E-state index contributed by atoms with van der Waals surface area (Å²) in [6.07, 6.45) is 4.17. The first-order valence-electron chi connectivity index (χ1n) is 5.77. The molecule has 0 heterocycles. The number of nitrogens with zero attached hydrogens (tertiary/aromatic N) is 2. The summed E-state index contributed by atoms with van der Waals surface area (Å²) < 4.78 is 37.1. The minimum atomic E-state index is -4.94. The van der Waals surface area contributed by atoms with Crippen molar-refractivity contribution in [1.29, 1.82) is 0 Å². The number of hydrogen-bond donors (Lipinski definition) is 0. The molecule has 0 aliphatic carbocycles. The van der Waals surface area contributed by atoms with Gasteiger partial charge in [0.15, 0.2) is 6.21 Å². The van der Waals surface area contributed by atoms with Crippen LogP contribution < -0.4 is 18.6 Å². The Morgan fingerprint density at radius 2 is 1.52 bits per heavy atom. The molecule has 6 nitrogen and oxygen atoms in total. The van der Waals surface area contributed by atoms with E-state index in [1.165, 1.54) is 11.3 Å². The van der Waals surface area contributed by atoms with Crippen LogP contribution in [0.5, 0.6) is 0 Å². The maximum atomic E-state index is 8.49. The van der Waals surface area contributed by atoms with Gasteiger partial charge in [0.2, 0.25) is 0 Å². The molecule has 118 valence electrons. The molecule has 1 aromatic carbocycles. The Kier molecular flexibility index (Phi) is 8.72. The number of allylic oxidation sites excluding steroid dienone is 1. The van der Waals surface area contributed by atoms with E-state index in [9.17, 15) is 0 Å². The van der Waals surface area contributed by atoms with Crippen LogP contribution in [0.25, 0.3) is 5.70 Å². The highest BCUT2D eigenvalue weighted by atomic mass is 79.9. The molecule has 0 aliphatic rings. The molecule has 0 amide bonds. The van der Waals surface area contributed by atoms with Gasteiger partial charge < -0.3 is 4.90 Å². The van der Waals surface area contributed by atoms with Gasteiger partial charge in [-0.2, -0.15) is 0 Å². The summed E-state index contributed by atoms with van der Waals surface area (Å²) in [5.41, 5.74) is 2.41. The highest BCUT2D eigenvalue weighted by Crippen LogP contribution is 2.18. The molecular weight excluding hydrogens is 364 g/mol. The van der Waals surface area contributed by atoms with Crippen molar-refractivity contribution >= 4 is 27.8 Å². The number of rotatable bonds is 3. The van der Waals surface area contributed by atoms with Gasteiger partial charge in [0.05, 0.1) is 0 Å². The minimum absolute atomic E-state index is 1.10. The molecule has 0 aliphatic heterocycles. The van der Waals surface area contributed by atoms with Crippen LogP contribution >= 0.6 is 15.9 Å². The summed E-state index contributed by atoms with van der Waals surface area (Å²) in [6, 6.07) is 8.34. The molecule has 0 saturated carbocycles. The Balaban J connectivity index is 0.000000690. The van der Waals surface area contributed by atoms with E-state index in [1.807, 2.05) is 18.7 Å². The van der Waals surface area contributed by atoms with E-state index in [-0.39, 0.29) is 0 Å². The summed E-state index contributed by atoms with van der Waals surface area (Å²) >= 11 is 3.44. The van der Waals surface area contributed by atoms with Crippen LogP contribution in [0.2, 0.25) is 0 Å². The summed E-state index contributed by atoms with van der Waals surface area (Å²) in [5.74, 6) is 0. The van der Waals surface area contributed by atoms with Crippen molar-refractivity contribution in [3.05, 3.63) is 40.4 Å². The number of halogens is 2. The zero-order valence-electron chi connectivity index (χ0n) is 12.2. The normalized spacial score (nSPS) is 11.4. The fourth-order valence-electron chi connectivity index (χ4n) is 1.34. The fourth-order valence-corrected chi connectivity index (χ4v) is 1.61. The Labute approximate surface area is 135 Å². The highest BCUT2D eigenvalue weighted by Gasteiger charge is 2.03. The van der Waals surface area contributed by atoms with E-state index in [4.69, 9.17) is 18.6 Å². The average molecular weight is 382 g/mol.